The molecule has 1 unspecified atom stereocenters. The van der Waals surface area contributed by atoms with Gasteiger partial charge in [-0.3, -0.25) is 10.1 Å². The highest BCUT2D eigenvalue weighted by atomic mass is 79.9. The molecule has 0 saturated carbocycles. The van der Waals surface area contributed by atoms with E-state index in [0.717, 1.165) is 15.6 Å². The van der Waals surface area contributed by atoms with Crippen molar-refractivity contribution in [3.63, 3.8) is 0 Å². The number of aromatic nitrogens is 2. The maximum absolute atomic E-state index is 11.1. The number of hydrogen-bond acceptors (Lipinski definition) is 6. The van der Waals surface area contributed by atoms with Gasteiger partial charge in [0.25, 0.3) is 0 Å². The van der Waals surface area contributed by atoms with Crippen LogP contribution in [0.3, 0.4) is 0 Å². The molecule has 0 aliphatic heterocycles. The molecule has 20 heavy (non-hydrogen) atoms. The van der Waals surface area contributed by atoms with E-state index < -0.39 is 4.92 Å². The fourth-order valence-corrected chi connectivity index (χ4v) is 3.15. The van der Waals surface area contributed by atoms with Crippen molar-refractivity contribution in [1.29, 1.82) is 0 Å². The predicted octanol–water partition coefficient (Wildman–Crippen LogP) is 4.00. The van der Waals surface area contributed by atoms with Gasteiger partial charge in [0, 0.05) is 21.6 Å². The maximum atomic E-state index is 11.1. The third-order valence-electron chi connectivity index (χ3n) is 2.72. The third kappa shape index (κ3) is 3.13. The summed E-state index contributed by atoms with van der Waals surface area (Å²) >= 11 is 4.77. The fourth-order valence-electron chi connectivity index (χ4n) is 1.90. The van der Waals surface area contributed by atoms with Crippen LogP contribution in [0.15, 0.2) is 16.7 Å². The van der Waals surface area contributed by atoms with Gasteiger partial charge in [0.15, 0.2) is 0 Å². The van der Waals surface area contributed by atoms with E-state index in [0.29, 0.717) is 4.47 Å². The van der Waals surface area contributed by atoms with Crippen molar-refractivity contribution < 1.29 is 4.92 Å². The van der Waals surface area contributed by atoms with Crippen molar-refractivity contribution in [1.82, 2.24) is 9.97 Å². The number of nitrogens with zero attached hydrogens (tertiary/aromatic N) is 3. The second-order valence-electron chi connectivity index (χ2n) is 4.33. The average molecular weight is 357 g/mol. The minimum Gasteiger partial charge on any atom is -0.357 e. The number of pyridine rings is 1. The molecule has 0 bridgehead atoms. The summed E-state index contributed by atoms with van der Waals surface area (Å²) in [5.41, 5.74) is 0.886. The summed E-state index contributed by atoms with van der Waals surface area (Å²) < 4.78 is 0.576. The Kier molecular flexibility index (Phi) is 4.34. The molecule has 0 spiro atoms. The molecular formula is C12H13BrN4O2S. The van der Waals surface area contributed by atoms with Crippen LogP contribution in [0, 0.1) is 24.0 Å². The number of halogens is 1. The molecule has 2 aromatic heterocycles. The Labute approximate surface area is 128 Å². The van der Waals surface area contributed by atoms with Crippen LogP contribution in [-0.2, 0) is 0 Å². The van der Waals surface area contributed by atoms with Crippen LogP contribution in [0.2, 0.25) is 0 Å². The summed E-state index contributed by atoms with van der Waals surface area (Å²) in [7, 11) is 0. The molecule has 0 radical (unpaired) electrons. The lowest BCUT2D eigenvalue weighted by Crippen LogP contribution is -2.09. The quantitative estimate of drug-likeness (QED) is 0.661. The predicted molar refractivity (Wildman–Crippen MR) is 82.2 cm³/mol. The molecule has 8 heteroatoms. The van der Waals surface area contributed by atoms with Crippen molar-refractivity contribution in [2.75, 3.05) is 5.32 Å². The smallest absolute Gasteiger partial charge is 0.312 e. The largest absolute Gasteiger partial charge is 0.357 e. The number of nitro groups is 1. The first-order valence-corrected chi connectivity index (χ1v) is 7.50. The zero-order valence-electron chi connectivity index (χ0n) is 11.2. The van der Waals surface area contributed by atoms with Gasteiger partial charge in [-0.25, -0.2) is 9.97 Å². The Bertz CT molecular complexity index is 659. The number of anilines is 1. The highest BCUT2D eigenvalue weighted by Gasteiger charge is 2.20. The second-order valence-corrected chi connectivity index (χ2v) is 6.48. The van der Waals surface area contributed by atoms with Gasteiger partial charge in [-0.2, -0.15) is 0 Å². The molecule has 0 aliphatic carbocycles. The monoisotopic (exact) mass is 356 g/mol. The van der Waals surface area contributed by atoms with Gasteiger partial charge < -0.3 is 5.32 Å². The van der Waals surface area contributed by atoms with E-state index in [2.05, 4.69) is 31.2 Å². The van der Waals surface area contributed by atoms with E-state index in [4.69, 9.17) is 0 Å². The van der Waals surface area contributed by atoms with Gasteiger partial charge >= 0.3 is 5.69 Å². The van der Waals surface area contributed by atoms with Crippen molar-refractivity contribution in [3.05, 3.63) is 42.4 Å². The van der Waals surface area contributed by atoms with E-state index in [1.807, 2.05) is 20.8 Å². The van der Waals surface area contributed by atoms with E-state index in [9.17, 15) is 10.1 Å². The molecule has 2 aromatic rings. The second kappa shape index (κ2) is 5.84. The standard InChI is InChI=1S/C12H13BrN4O2S/c1-6-11(20-8(3)15-6)7(2)16-12-10(17(18)19)4-9(13)5-14-12/h4-5,7H,1-3H3,(H,14,16). The summed E-state index contributed by atoms with van der Waals surface area (Å²) in [4.78, 5) is 20.1. The lowest BCUT2D eigenvalue weighted by molar-refractivity contribution is -0.384. The molecule has 6 nitrogen and oxygen atoms in total. The Balaban J connectivity index is 2.30. The normalized spacial score (nSPS) is 12.2. The van der Waals surface area contributed by atoms with Crippen molar-refractivity contribution >= 4 is 38.8 Å². The van der Waals surface area contributed by atoms with Crippen LogP contribution in [0.4, 0.5) is 11.5 Å². The summed E-state index contributed by atoms with van der Waals surface area (Å²) in [5.74, 6) is 0.260. The minimum absolute atomic E-state index is 0.0508. The van der Waals surface area contributed by atoms with Crippen molar-refractivity contribution in [2.24, 2.45) is 0 Å². The summed E-state index contributed by atoms with van der Waals surface area (Å²) in [6.07, 6.45) is 1.53. The summed E-state index contributed by atoms with van der Waals surface area (Å²) in [6.45, 7) is 5.81. The third-order valence-corrected chi connectivity index (χ3v) is 4.41. The zero-order chi connectivity index (χ0) is 14.9. The number of aryl methyl sites for hydroxylation is 2. The molecule has 0 aromatic carbocycles. The molecule has 1 atom stereocenters. The van der Waals surface area contributed by atoms with Crippen molar-refractivity contribution in [2.45, 2.75) is 26.8 Å². The Morgan fingerprint density at radius 1 is 1.50 bits per heavy atom. The molecule has 106 valence electrons. The van der Waals surface area contributed by atoms with E-state index >= 15 is 0 Å². The van der Waals surface area contributed by atoms with E-state index in [-0.39, 0.29) is 17.5 Å². The lowest BCUT2D eigenvalue weighted by Gasteiger charge is -2.13. The Hall–Kier alpha value is -1.54. The van der Waals surface area contributed by atoms with Crippen LogP contribution in [0.5, 0.6) is 0 Å². The van der Waals surface area contributed by atoms with Crippen LogP contribution < -0.4 is 5.32 Å². The highest BCUT2D eigenvalue weighted by molar-refractivity contribution is 9.10. The average Bonchev–Trinajstić information content (AvgIpc) is 2.70. The van der Waals surface area contributed by atoms with Gasteiger partial charge in [0.1, 0.15) is 0 Å². The molecule has 0 saturated heterocycles. The lowest BCUT2D eigenvalue weighted by atomic mass is 10.2. The van der Waals surface area contributed by atoms with Crippen LogP contribution in [0.1, 0.15) is 28.5 Å². The van der Waals surface area contributed by atoms with Gasteiger partial charge in [-0.1, -0.05) is 0 Å². The van der Waals surface area contributed by atoms with E-state index in [1.165, 1.54) is 12.3 Å². The van der Waals surface area contributed by atoms with Crippen molar-refractivity contribution in [3.8, 4) is 0 Å². The van der Waals surface area contributed by atoms with E-state index in [1.54, 1.807) is 11.3 Å². The highest BCUT2D eigenvalue weighted by Crippen LogP contribution is 2.31. The number of nitrogens with one attached hydrogen (secondary N) is 1. The first kappa shape index (κ1) is 14.9. The van der Waals surface area contributed by atoms with Gasteiger partial charge in [0.2, 0.25) is 5.82 Å². The van der Waals surface area contributed by atoms with Crippen LogP contribution in [0.25, 0.3) is 0 Å². The number of thiazole rings is 1. The van der Waals surface area contributed by atoms with Gasteiger partial charge in [-0.05, 0) is 36.7 Å². The first-order valence-electron chi connectivity index (χ1n) is 5.89. The minimum atomic E-state index is -0.447. The topological polar surface area (TPSA) is 81.0 Å². The molecule has 1 N–H and O–H groups in total. The van der Waals surface area contributed by atoms with Gasteiger partial charge in [-0.15, -0.1) is 11.3 Å². The summed E-state index contributed by atoms with van der Waals surface area (Å²) in [6, 6.07) is 1.35. The van der Waals surface area contributed by atoms with Crippen LogP contribution in [-0.4, -0.2) is 14.9 Å². The zero-order valence-corrected chi connectivity index (χ0v) is 13.6. The molecular weight excluding hydrogens is 344 g/mol. The molecule has 2 rings (SSSR count). The molecule has 0 fully saturated rings. The SMILES string of the molecule is Cc1nc(C)c(C(C)Nc2ncc(Br)cc2[N+](=O)[O-])s1. The Morgan fingerprint density at radius 3 is 2.75 bits per heavy atom. The first-order chi connectivity index (χ1) is 9.38. The maximum Gasteiger partial charge on any atom is 0.312 e. The number of rotatable bonds is 4. The fraction of sp³-hybridized carbons (Fsp3) is 0.333. The Morgan fingerprint density at radius 2 is 2.20 bits per heavy atom. The summed E-state index contributed by atoms with van der Waals surface area (Å²) in [5, 5.41) is 15.1. The molecule has 2 heterocycles. The number of hydrogen-bond donors (Lipinski definition) is 1. The van der Waals surface area contributed by atoms with Crippen LogP contribution >= 0.6 is 27.3 Å². The molecule has 0 aliphatic rings. The molecule has 0 amide bonds. The van der Waals surface area contributed by atoms with Gasteiger partial charge in [0.05, 0.1) is 21.7 Å².